The number of pyridine rings is 1. The summed E-state index contributed by atoms with van der Waals surface area (Å²) in [6, 6.07) is 2.29. The second-order valence-electron chi connectivity index (χ2n) is 4.87. The molecule has 8 heteroatoms. The van der Waals surface area contributed by atoms with Crippen LogP contribution in [0.1, 0.15) is 32.3 Å². The van der Waals surface area contributed by atoms with Gasteiger partial charge in [-0.3, -0.25) is 4.99 Å². The number of nitrogens with zero attached hydrogens (tertiary/aromatic N) is 2. The number of hydrogen-bond acceptors (Lipinski definition) is 3. The number of aliphatic imine (C=N–C) groups is 1. The molecule has 0 aliphatic rings. The summed E-state index contributed by atoms with van der Waals surface area (Å²) >= 11 is 0. The van der Waals surface area contributed by atoms with Crippen LogP contribution in [0.2, 0.25) is 0 Å². The SMILES string of the molecule is CCCCN=C(NCC)NCCNc1ncccc1C(F)(F)F. The van der Waals surface area contributed by atoms with Crippen LogP contribution >= 0.6 is 0 Å². The number of hydrogen-bond donors (Lipinski definition) is 3. The van der Waals surface area contributed by atoms with E-state index < -0.39 is 11.7 Å². The van der Waals surface area contributed by atoms with Crippen molar-refractivity contribution in [2.75, 3.05) is 31.5 Å². The van der Waals surface area contributed by atoms with E-state index in [9.17, 15) is 13.2 Å². The number of nitrogens with one attached hydrogen (secondary N) is 3. The zero-order chi connectivity index (χ0) is 17.1. The van der Waals surface area contributed by atoms with E-state index in [0.717, 1.165) is 32.0 Å². The van der Waals surface area contributed by atoms with Gasteiger partial charge in [-0.15, -0.1) is 0 Å². The van der Waals surface area contributed by atoms with Crippen LogP contribution in [0.25, 0.3) is 0 Å². The lowest BCUT2D eigenvalue weighted by Gasteiger charge is -2.14. The van der Waals surface area contributed by atoms with Gasteiger partial charge in [0.1, 0.15) is 5.82 Å². The van der Waals surface area contributed by atoms with E-state index in [4.69, 9.17) is 0 Å². The van der Waals surface area contributed by atoms with Crippen LogP contribution in [0.15, 0.2) is 23.3 Å². The molecule has 130 valence electrons. The Hall–Kier alpha value is -1.99. The van der Waals surface area contributed by atoms with Gasteiger partial charge in [0.05, 0.1) is 5.56 Å². The number of halogens is 3. The van der Waals surface area contributed by atoms with Crippen LogP contribution in [0.3, 0.4) is 0 Å². The summed E-state index contributed by atoms with van der Waals surface area (Å²) in [6.07, 6.45) is -1.02. The Balaban J connectivity index is 2.49. The highest BCUT2D eigenvalue weighted by molar-refractivity contribution is 5.79. The van der Waals surface area contributed by atoms with Crippen LogP contribution < -0.4 is 16.0 Å². The summed E-state index contributed by atoms with van der Waals surface area (Å²) in [5.41, 5.74) is -0.761. The first-order valence-electron chi connectivity index (χ1n) is 7.77. The molecule has 0 saturated carbocycles. The van der Waals surface area contributed by atoms with Crippen LogP contribution in [-0.4, -0.2) is 37.1 Å². The molecule has 0 fully saturated rings. The minimum atomic E-state index is -4.42. The fourth-order valence-electron chi connectivity index (χ4n) is 1.83. The minimum Gasteiger partial charge on any atom is -0.368 e. The molecule has 0 aliphatic carbocycles. The third-order valence-corrected chi connectivity index (χ3v) is 2.95. The van der Waals surface area contributed by atoms with Gasteiger partial charge in [-0.1, -0.05) is 13.3 Å². The van der Waals surface area contributed by atoms with E-state index in [1.807, 2.05) is 6.92 Å². The largest absolute Gasteiger partial charge is 0.419 e. The average molecular weight is 331 g/mol. The second-order valence-corrected chi connectivity index (χ2v) is 4.87. The highest BCUT2D eigenvalue weighted by atomic mass is 19.4. The standard InChI is InChI=1S/C15H24F3N5/c1-3-5-8-22-14(19-4-2)23-11-10-21-13-12(15(16,17)18)7-6-9-20-13/h6-7,9H,3-5,8,10-11H2,1-2H3,(H,20,21)(H2,19,22,23). The van der Waals surface area contributed by atoms with E-state index in [-0.39, 0.29) is 5.82 Å². The van der Waals surface area contributed by atoms with Gasteiger partial charge < -0.3 is 16.0 Å². The van der Waals surface area contributed by atoms with E-state index in [2.05, 4.69) is 32.9 Å². The normalized spacial score (nSPS) is 12.1. The smallest absolute Gasteiger partial charge is 0.368 e. The van der Waals surface area contributed by atoms with Crippen molar-refractivity contribution in [2.24, 2.45) is 4.99 Å². The predicted octanol–water partition coefficient (Wildman–Crippen LogP) is 2.87. The van der Waals surface area contributed by atoms with Gasteiger partial charge in [-0.05, 0) is 25.5 Å². The molecule has 0 spiro atoms. The molecule has 1 rings (SSSR count). The number of aromatic nitrogens is 1. The van der Waals surface area contributed by atoms with Crippen molar-refractivity contribution in [3.63, 3.8) is 0 Å². The highest BCUT2D eigenvalue weighted by Gasteiger charge is 2.33. The lowest BCUT2D eigenvalue weighted by Crippen LogP contribution is -2.39. The second kappa shape index (κ2) is 9.91. The van der Waals surface area contributed by atoms with Crippen molar-refractivity contribution in [1.82, 2.24) is 15.6 Å². The topological polar surface area (TPSA) is 61.3 Å². The zero-order valence-corrected chi connectivity index (χ0v) is 13.5. The maximum atomic E-state index is 12.8. The molecule has 0 bridgehead atoms. The van der Waals surface area contributed by atoms with Gasteiger partial charge in [0, 0.05) is 32.4 Å². The molecular weight excluding hydrogens is 307 g/mol. The van der Waals surface area contributed by atoms with Crippen LogP contribution in [0.5, 0.6) is 0 Å². The molecule has 0 aromatic carbocycles. The molecule has 0 saturated heterocycles. The Kier molecular flexibility index (Phi) is 8.21. The molecule has 1 heterocycles. The van der Waals surface area contributed by atoms with Gasteiger partial charge in [0.25, 0.3) is 0 Å². The summed E-state index contributed by atoms with van der Waals surface area (Å²) < 4.78 is 38.5. The number of guanidine groups is 1. The van der Waals surface area contributed by atoms with Crippen molar-refractivity contribution in [3.05, 3.63) is 23.9 Å². The number of rotatable bonds is 8. The quantitative estimate of drug-likeness (QED) is 0.389. The summed E-state index contributed by atoms with van der Waals surface area (Å²) in [6.45, 7) is 6.23. The van der Waals surface area contributed by atoms with Gasteiger partial charge in [-0.25, -0.2) is 4.98 Å². The Morgan fingerprint density at radius 2 is 2.00 bits per heavy atom. The van der Waals surface area contributed by atoms with E-state index in [1.54, 1.807) is 0 Å². The minimum absolute atomic E-state index is 0.158. The first-order chi connectivity index (χ1) is 11.0. The van der Waals surface area contributed by atoms with Crippen molar-refractivity contribution in [1.29, 1.82) is 0 Å². The molecule has 0 amide bonds. The van der Waals surface area contributed by atoms with Crippen LogP contribution in [0, 0.1) is 0 Å². The Morgan fingerprint density at radius 1 is 1.22 bits per heavy atom. The fourth-order valence-corrected chi connectivity index (χ4v) is 1.83. The predicted molar refractivity (Wildman–Crippen MR) is 86.6 cm³/mol. The van der Waals surface area contributed by atoms with Gasteiger partial charge >= 0.3 is 6.18 Å². The molecule has 0 unspecified atom stereocenters. The molecule has 1 aromatic heterocycles. The van der Waals surface area contributed by atoms with Crippen LogP contribution in [-0.2, 0) is 6.18 Å². The maximum absolute atomic E-state index is 12.8. The average Bonchev–Trinajstić information content (AvgIpc) is 2.51. The fraction of sp³-hybridized carbons (Fsp3) is 0.600. The third kappa shape index (κ3) is 7.21. The van der Waals surface area contributed by atoms with E-state index in [1.165, 1.54) is 12.3 Å². The van der Waals surface area contributed by atoms with Crippen LogP contribution in [0.4, 0.5) is 19.0 Å². The van der Waals surface area contributed by atoms with E-state index >= 15 is 0 Å². The first kappa shape index (κ1) is 19.1. The molecule has 0 aliphatic heterocycles. The molecule has 0 radical (unpaired) electrons. The van der Waals surface area contributed by atoms with Gasteiger partial charge in [-0.2, -0.15) is 13.2 Å². The Morgan fingerprint density at radius 3 is 2.65 bits per heavy atom. The summed E-state index contributed by atoms with van der Waals surface area (Å²) in [7, 11) is 0. The van der Waals surface area contributed by atoms with Crippen molar-refractivity contribution < 1.29 is 13.2 Å². The molecular formula is C15H24F3N5. The molecule has 0 atom stereocenters. The number of anilines is 1. The van der Waals surface area contributed by atoms with Gasteiger partial charge in [0.2, 0.25) is 0 Å². The Bertz CT molecular complexity index is 488. The molecule has 5 nitrogen and oxygen atoms in total. The molecule has 1 aromatic rings. The molecule has 23 heavy (non-hydrogen) atoms. The zero-order valence-electron chi connectivity index (χ0n) is 13.5. The van der Waals surface area contributed by atoms with Gasteiger partial charge in [0.15, 0.2) is 5.96 Å². The summed E-state index contributed by atoms with van der Waals surface area (Å²) in [5.74, 6) is 0.509. The number of unbranched alkanes of at least 4 members (excludes halogenated alkanes) is 1. The lowest BCUT2D eigenvalue weighted by atomic mass is 10.2. The van der Waals surface area contributed by atoms with Crippen molar-refractivity contribution >= 4 is 11.8 Å². The van der Waals surface area contributed by atoms with E-state index in [0.29, 0.717) is 19.0 Å². The van der Waals surface area contributed by atoms with Crippen molar-refractivity contribution in [2.45, 2.75) is 32.9 Å². The highest BCUT2D eigenvalue weighted by Crippen LogP contribution is 2.33. The number of alkyl halides is 3. The molecule has 3 N–H and O–H groups in total. The monoisotopic (exact) mass is 331 g/mol. The first-order valence-corrected chi connectivity index (χ1v) is 7.77. The van der Waals surface area contributed by atoms with Crippen molar-refractivity contribution in [3.8, 4) is 0 Å². The maximum Gasteiger partial charge on any atom is 0.419 e. The summed E-state index contributed by atoms with van der Waals surface area (Å²) in [5, 5.41) is 8.87. The Labute approximate surface area is 134 Å². The third-order valence-electron chi connectivity index (χ3n) is 2.95. The lowest BCUT2D eigenvalue weighted by molar-refractivity contribution is -0.137. The summed E-state index contributed by atoms with van der Waals surface area (Å²) in [4.78, 5) is 8.13.